The van der Waals surface area contributed by atoms with Gasteiger partial charge in [0.25, 0.3) is 0 Å². The summed E-state index contributed by atoms with van der Waals surface area (Å²) in [4.78, 5) is 11.9. The van der Waals surface area contributed by atoms with Gasteiger partial charge in [0, 0.05) is 0 Å². The molecule has 0 saturated carbocycles. The normalized spacial score (nSPS) is 16.7. The Morgan fingerprint density at radius 1 is 1.35 bits per heavy atom. The lowest BCUT2D eigenvalue weighted by Crippen LogP contribution is -2.60. The third-order valence-electron chi connectivity index (χ3n) is 3.00. The molecule has 1 aliphatic rings. The summed E-state index contributed by atoms with van der Waals surface area (Å²) in [5.41, 5.74) is 0.395. The smallest absolute Gasteiger partial charge is 0.408 e. The van der Waals surface area contributed by atoms with E-state index in [0.29, 0.717) is 18.8 Å². The Kier molecular flexibility index (Phi) is 3.69. The van der Waals surface area contributed by atoms with E-state index >= 15 is 0 Å². The van der Waals surface area contributed by atoms with Crippen LogP contribution in [0.2, 0.25) is 0 Å². The van der Waals surface area contributed by atoms with Crippen LogP contribution in [0.25, 0.3) is 0 Å². The van der Waals surface area contributed by atoms with Crippen molar-refractivity contribution < 1.29 is 14.3 Å². The van der Waals surface area contributed by atoms with E-state index in [4.69, 9.17) is 14.7 Å². The number of hydrogen-bond donors (Lipinski definition) is 1. The van der Waals surface area contributed by atoms with Gasteiger partial charge in [0.2, 0.25) is 0 Å². The van der Waals surface area contributed by atoms with Crippen molar-refractivity contribution in [2.45, 2.75) is 31.9 Å². The van der Waals surface area contributed by atoms with Crippen molar-refractivity contribution in [2.24, 2.45) is 0 Å². The van der Waals surface area contributed by atoms with Gasteiger partial charge in [-0.1, -0.05) is 12.1 Å². The summed E-state index contributed by atoms with van der Waals surface area (Å²) in [6.45, 7) is 6.25. The molecule has 0 spiro atoms. The molecule has 0 unspecified atom stereocenters. The highest BCUT2D eigenvalue weighted by atomic mass is 16.6. The Bertz CT molecular complexity index is 534. The summed E-state index contributed by atoms with van der Waals surface area (Å²) >= 11 is 0. The molecule has 5 nitrogen and oxygen atoms in total. The minimum atomic E-state index is -0.559. The molecule has 0 radical (unpaired) electrons. The quantitative estimate of drug-likeness (QED) is 0.898. The maximum Gasteiger partial charge on any atom is 0.408 e. The molecule has 1 aromatic rings. The van der Waals surface area contributed by atoms with Gasteiger partial charge in [-0.15, -0.1) is 0 Å². The zero-order valence-corrected chi connectivity index (χ0v) is 11.9. The maximum absolute atomic E-state index is 11.9. The number of nitrogens with one attached hydrogen (secondary N) is 1. The zero-order chi connectivity index (χ0) is 14.8. The standard InChI is InChI=1S/C15H18N2O3/c1-14(2,3)20-13(18)17-15(9-19-10-15)12-6-4-11(8-16)5-7-12/h4-7H,9-10H2,1-3H3,(H,17,18). The number of nitriles is 1. The molecule has 2 rings (SSSR count). The Labute approximate surface area is 118 Å². The molecule has 1 saturated heterocycles. The lowest BCUT2D eigenvalue weighted by Gasteiger charge is -2.42. The zero-order valence-electron chi connectivity index (χ0n) is 11.9. The highest BCUT2D eigenvalue weighted by molar-refractivity contribution is 5.69. The van der Waals surface area contributed by atoms with Gasteiger partial charge in [-0.05, 0) is 38.5 Å². The van der Waals surface area contributed by atoms with Gasteiger partial charge in [-0.3, -0.25) is 0 Å². The van der Waals surface area contributed by atoms with Crippen molar-refractivity contribution in [1.82, 2.24) is 5.32 Å². The van der Waals surface area contributed by atoms with E-state index in [0.717, 1.165) is 5.56 Å². The summed E-state index contributed by atoms with van der Waals surface area (Å²) in [7, 11) is 0. The second kappa shape index (κ2) is 5.14. The predicted octanol–water partition coefficient (Wildman–Crippen LogP) is 2.31. The molecule has 1 amide bonds. The second-order valence-electron chi connectivity index (χ2n) is 5.89. The molecule has 0 aromatic heterocycles. The Morgan fingerprint density at radius 2 is 1.95 bits per heavy atom. The van der Waals surface area contributed by atoms with Crippen molar-refractivity contribution in [3.05, 3.63) is 35.4 Å². The monoisotopic (exact) mass is 274 g/mol. The van der Waals surface area contributed by atoms with Gasteiger partial charge in [0.15, 0.2) is 0 Å². The number of ether oxygens (including phenoxy) is 2. The molecule has 20 heavy (non-hydrogen) atoms. The SMILES string of the molecule is CC(C)(C)OC(=O)NC1(c2ccc(C#N)cc2)COC1. The molecule has 1 aromatic carbocycles. The number of benzene rings is 1. The van der Waals surface area contributed by atoms with Crippen molar-refractivity contribution >= 4 is 6.09 Å². The number of alkyl carbamates (subject to hydrolysis) is 1. The summed E-state index contributed by atoms with van der Waals surface area (Å²) < 4.78 is 10.5. The van der Waals surface area contributed by atoms with Crippen LogP contribution in [0.4, 0.5) is 4.79 Å². The first-order valence-corrected chi connectivity index (χ1v) is 6.44. The maximum atomic E-state index is 11.9. The van der Waals surface area contributed by atoms with Crippen molar-refractivity contribution in [3.63, 3.8) is 0 Å². The number of nitrogens with zero attached hydrogens (tertiary/aromatic N) is 1. The molecule has 106 valence electrons. The van der Waals surface area contributed by atoms with Crippen LogP contribution in [0.3, 0.4) is 0 Å². The third kappa shape index (κ3) is 3.09. The number of amides is 1. The average molecular weight is 274 g/mol. The van der Waals surface area contributed by atoms with Gasteiger partial charge < -0.3 is 14.8 Å². The van der Waals surface area contributed by atoms with E-state index < -0.39 is 17.2 Å². The van der Waals surface area contributed by atoms with E-state index in [-0.39, 0.29) is 0 Å². The topological polar surface area (TPSA) is 71.3 Å². The fraction of sp³-hybridized carbons (Fsp3) is 0.467. The van der Waals surface area contributed by atoms with E-state index in [1.807, 2.05) is 32.9 Å². The van der Waals surface area contributed by atoms with Crippen LogP contribution in [-0.2, 0) is 15.0 Å². The number of carbonyl (C=O) groups excluding carboxylic acids is 1. The fourth-order valence-corrected chi connectivity index (χ4v) is 1.98. The predicted molar refractivity (Wildman–Crippen MR) is 73.0 cm³/mol. The van der Waals surface area contributed by atoms with Crippen LogP contribution in [0, 0.1) is 11.3 Å². The molecule has 1 heterocycles. The first-order chi connectivity index (χ1) is 9.35. The van der Waals surface area contributed by atoms with Crippen LogP contribution in [-0.4, -0.2) is 24.9 Å². The van der Waals surface area contributed by atoms with Crippen LogP contribution < -0.4 is 5.32 Å². The highest BCUT2D eigenvalue weighted by Gasteiger charge is 2.42. The van der Waals surface area contributed by atoms with E-state index in [1.165, 1.54) is 0 Å². The summed E-state index contributed by atoms with van der Waals surface area (Å²) in [5, 5.41) is 11.7. The van der Waals surface area contributed by atoms with Gasteiger partial charge in [-0.2, -0.15) is 5.26 Å². The minimum absolute atomic E-state index is 0.401. The van der Waals surface area contributed by atoms with Gasteiger partial charge >= 0.3 is 6.09 Å². The van der Waals surface area contributed by atoms with Gasteiger partial charge in [0.05, 0.1) is 24.8 Å². The average Bonchev–Trinajstić information content (AvgIpc) is 2.32. The number of rotatable bonds is 2. The van der Waals surface area contributed by atoms with Crippen LogP contribution in [0.15, 0.2) is 24.3 Å². The van der Waals surface area contributed by atoms with Crippen molar-refractivity contribution in [2.75, 3.05) is 13.2 Å². The van der Waals surface area contributed by atoms with Crippen molar-refractivity contribution in [3.8, 4) is 6.07 Å². The molecule has 1 fully saturated rings. The van der Waals surface area contributed by atoms with Crippen LogP contribution in [0.1, 0.15) is 31.9 Å². The van der Waals surface area contributed by atoms with Crippen molar-refractivity contribution in [1.29, 1.82) is 5.26 Å². The van der Waals surface area contributed by atoms with E-state index in [2.05, 4.69) is 11.4 Å². The lowest BCUT2D eigenvalue weighted by atomic mass is 9.87. The second-order valence-corrected chi connectivity index (χ2v) is 5.89. The Morgan fingerprint density at radius 3 is 2.35 bits per heavy atom. The largest absolute Gasteiger partial charge is 0.444 e. The first kappa shape index (κ1) is 14.4. The fourth-order valence-electron chi connectivity index (χ4n) is 1.98. The summed E-state index contributed by atoms with van der Waals surface area (Å²) in [5.74, 6) is 0. The first-order valence-electron chi connectivity index (χ1n) is 6.44. The molecule has 5 heteroatoms. The van der Waals surface area contributed by atoms with Crippen LogP contribution in [0.5, 0.6) is 0 Å². The lowest BCUT2D eigenvalue weighted by molar-refractivity contribution is -0.0797. The molecular weight excluding hydrogens is 256 g/mol. The molecule has 0 aliphatic carbocycles. The molecular formula is C15H18N2O3. The molecule has 0 bridgehead atoms. The summed E-state index contributed by atoms with van der Waals surface area (Å²) in [6, 6.07) is 9.19. The van der Waals surface area contributed by atoms with E-state index in [9.17, 15) is 4.79 Å². The third-order valence-corrected chi connectivity index (χ3v) is 3.00. The van der Waals surface area contributed by atoms with Crippen LogP contribution >= 0.6 is 0 Å². The Balaban J connectivity index is 2.13. The Hall–Kier alpha value is -2.06. The van der Waals surface area contributed by atoms with E-state index in [1.54, 1.807) is 12.1 Å². The molecule has 1 aliphatic heterocycles. The number of carbonyl (C=O) groups is 1. The molecule has 0 atom stereocenters. The minimum Gasteiger partial charge on any atom is -0.444 e. The van der Waals surface area contributed by atoms with Gasteiger partial charge in [-0.25, -0.2) is 4.79 Å². The molecule has 1 N–H and O–H groups in total. The van der Waals surface area contributed by atoms with Gasteiger partial charge in [0.1, 0.15) is 11.1 Å². The number of hydrogen-bond acceptors (Lipinski definition) is 4. The highest BCUT2D eigenvalue weighted by Crippen LogP contribution is 2.30. The summed E-state index contributed by atoms with van der Waals surface area (Å²) in [6.07, 6.45) is -0.467.